The van der Waals surface area contributed by atoms with Crippen LogP contribution in [0.1, 0.15) is 30.6 Å². The van der Waals surface area contributed by atoms with Crippen LogP contribution in [-0.2, 0) is 6.42 Å². The van der Waals surface area contributed by atoms with Gasteiger partial charge >= 0.3 is 0 Å². The van der Waals surface area contributed by atoms with Crippen LogP contribution in [0, 0.1) is 5.92 Å². The lowest BCUT2D eigenvalue weighted by Crippen LogP contribution is -2.36. The van der Waals surface area contributed by atoms with Crippen molar-refractivity contribution in [1.29, 1.82) is 0 Å². The minimum Gasteiger partial charge on any atom is -0.341 e. The van der Waals surface area contributed by atoms with Crippen molar-refractivity contribution >= 4 is 32.9 Å². The Morgan fingerprint density at radius 1 is 1.45 bits per heavy atom. The Hall–Kier alpha value is -1.13. The molecule has 0 bridgehead atoms. The van der Waals surface area contributed by atoms with E-state index in [0.29, 0.717) is 12.0 Å². The Bertz CT molecular complexity index is 701. The van der Waals surface area contributed by atoms with Crippen LogP contribution in [0.4, 0.5) is 0 Å². The van der Waals surface area contributed by atoms with Gasteiger partial charge in [-0.05, 0) is 34.8 Å². The van der Waals surface area contributed by atoms with E-state index in [1.54, 1.807) is 0 Å². The molecule has 4 rings (SSSR count). The summed E-state index contributed by atoms with van der Waals surface area (Å²) in [7, 11) is 0. The molecule has 2 aromatic heterocycles. The monoisotopic (exact) mass is 331 g/mol. The number of pyridine rings is 1. The molecule has 1 saturated heterocycles. The third-order valence-corrected chi connectivity index (χ3v) is 5.31. The second kappa shape index (κ2) is 4.71. The van der Waals surface area contributed by atoms with Crippen LogP contribution < -0.4 is 5.32 Å². The molecule has 2 atom stereocenters. The second-order valence-corrected chi connectivity index (χ2v) is 6.76. The van der Waals surface area contributed by atoms with Gasteiger partial charge in [0, 0.05) is 46.8 Å². The van der Waals surface area contributed by atoms with Gasteiger partial charge < -0.3 is 9.88 Å². The van der Waals surface area contributed by atoms with Crippen molar-refractivity contribution in [2.45, 2.75) is 25.8 Å². The molecule has 0 radical (unpaired) electrons. The summed E-state index contributed by atoms with van der Waals surface area (Å²) in [5, 5.41) is 4.77. The van der Waals surface area contributed by atoms with E-state index in [1.165, 1.54) is 28.6 Å². The standard InChI is InChI=1S/C16H18BrN3/c1-10-5-6-18-8-15(10)20-9-13(17)12-7-19-14-4-2-3-11(14)16(12)20/h2-3,7,9-10,15,18H,4-6,8H2,1H3/t10-,15+/m1/s1. The van der Waals surface area contributed by atoms with Crippen molar-refractivity contribution < 1.29 is 0 Å². The maximum absolute atomic E-state index is 4.60. The van der Waals surface area contributed by atoms with Gasteiger partial charge in [-0.3, -0.25) is 4.98 Å². The number of nitrogens with zero attached hydrogens (tertiary/aromatic N) is 2. The third-order valence-electron chi connectivity index (χ3n) is 4.68. The normalized spacial score (nSPS) is 25.3. The van der Waals surface area contributed by atoms with Crippen LogP contribution in [0.3, 0.4) is 0 Å². The van der Waals surface area contributed by atoms with E-state index in [0.717, 1.165) is 24.0 Å². The minimum atomic E-state index is 0.526. The first-order chi connectivity index (χ1) is 9.75. The summed E-state index contributed by atoms with van der Waals surface area (Å²) in [6.45, 7) is 4.55. The quantitative estimate of drug-likeness (QED) is 0.866. The lowest BCUT2D eigenvalue weighted by Gasteiger charge is -2.31. The molecular weight excluding hydrogens is 314 g/mol. The molecule has 2 aliphatic rings. The van der Waals surface area contributed by atoms with Crippen molar-refractivity contribution in [1.82, 2.24) is 14.9 Å². The van der Waals surface area contributed by atoms with Crippen LogP contribution in [0.5, 0.6) is 0 Å². The minimum absolute atomic E-state index is 0.526. The number of hydrogen-bond donors (Lipinski definition) is 1. The van der Waals surface area contributed by atoms with Crippen molar-refractivity contribution in [2.75, 3.05) is 13.1 Å². The highest BCUT2D eigenvalue weighted by atomic mass is 79.9. The molecule has 3 heterocycles. The smallest absolute Gasteiger partial charge is 0.0602 e. The summed E-state index contributed by atoms with van der Waals surface area (Å²) in [6, 6.07) is 0.526. The molecule has 0 spiro atoms. The number of fused-ring (bicyclic) bond motifs is 3. The molecule has 20 heavy (non-hydrogen) atoms. The third kappa shape index (κ3) is 1.78. The van der Waals surface area contributed by atoms with Crippen LogP contribution in [0.2, 0.25) is 0 Å². The molecule has 1 N–H and O–H groups in total. The highest BCUT2D eigenvalue weighted by Gasteiger charge is 2.26. The first-order valence-corrected chi connectivity index (χ1v) is 8.10. The average molecular weight is 332 g/mol. The van der Waals surface area contributed by atoms with Gasteiger partial charge in [0.15, 0.2) is 0 Å². The average Bonchev–Trinajstić information content (AvgIpc) is 3.04. The van der Waals surface area contributed by atoms with E-state index in [9.17, 15) is 0 Å². The molecule has 1 aliphatic carbocycles. The first-order valence-electron chi connectivity index (χ1n) is 7.31. The second-order valence-electron chi connectivity index (χ2n) is 5.91. The van der Waals surface area contributed by atoms with Gasteiger partial charge in [0.05, 0.1) is 11.2 Å². The van der Waals surface area contributed by atoms with Gasteiger partial charge in [-0.15, -0.1) is 0 Å². The Morgan fingerprint density at radius 3 is 3.20 bits per heavy atom. The van der Waals surface area contributed by atoms with E-state index < -0.39 is 0 Å². The summed E-state index contributed by atoms with van der Waals surface area (Å²) in [5.41, 5.74) is 3.86. The van der Waals surface area contributed by atoms with Crippen molar-refractivity contribution in [3.63, 3.8) is 0 Å². The van der Waals surface area contributed by atoms with E-state index in [2.05, 4.69) is 56.1 Å². The molecular formula is C16H18BrN3. The van der Waals surface area contributed by atoms with Crippen LogP contribution >= 0.6 is 15.9 Å². The molecule has 2 aromatic rings. The Morgan fingerprint density at radius 2 is 2.35 bits per heavy atom. The number of nitrogens with one attached hydrogen (secondary N) is 1. The van der Waals surface area contributed by atoms with Gasteiger partial charge in [-0.1, -0.05) is 19.1 Å². The van der Waals surface area contributed by atoms with Gasteiger partial charge in [0.25, 0.3) is 0 Å². The zero-order valence-corrected chi connectivity index (χ0v) is 13.2. The summed E-state index contributed by atoms with van der Waals surface area (Å²) < 4.78 is 3.62. The molecule has 1 aliphatic heterocycles. The summed E-state index contributed by atoms with van der Waals surface area (Å²) in [6.07, 6.45) is 10.9. The summed E-state index contributed by atoms with van der Waals surface area (Å²) in [5.74, 6) is 0.702. The molecule has 104 valence electrons. The molecule has 0 amide bonds. The largest absolute Gasteiger partial charge is 0.341 e. The number of piperidine rings is 1. The fraction of sp³-hybridized carbons (Fsp3) is 0.438. The summed E-state index contributed by atoms with van der Waals surface area (Å²) in [4.78, 5) is 4.60. The first kappa shape index (κ1) is 12.6. The van der Waals surface area contributed by atoms with Gasteiger partial charge in [-0.25, -0.2) is 0 Å². The zero-order chi connectivity index (χ0) is 13.7. The number of allylic oxidation sites excluding steroid dienone is 1. The zero-order valence-electron chi connectivity index (χ0n) is 11.6. The van der Waals surface area contributed by atoms with Crippen molar-refractivity contribution in [3.8, 4) is 0 Å². The SMILES string of the molecule is C[C@@H]1CCNC[C@@H]1n1cc(Br)c2cnc3c(c21)C=CC3. The maximum atomic E-state index is 4.60. The van der Waals surface area contributed by atoms with Gasteiger partial charge in [0.1, 0.15) is 0 Å². The maximum Gasteiger partial charge on any atom is 0.0602 e. The number of hydrogen-bond acceptors (Lipinski definition) is 2. The van der Waals surface area contributed by atoms with Crippen LogP contribution in [0.25, 0.3) is 17.0 Å². The summed E-state index contributed by atoms with van der Waals surface area (Å²) >= 11 is 3.71. The highest BCUT2D eigenvalue weighted by molar-refractivity contribution is 9.10. The highest BCUT2D eigenvalue weighted by Crippen LogP contribution is 2.37. The topological polar surface area (TPSA) is 29.9 Å². The van der Waals surface area contributed by atoms with Crippen molar-refractivity contribution in [3.05, 3.63) is 34.2 Å². The van der Waals surface area contributed by atoms with Gasteiger partial charge in [0.2, 0.25) is 0 Å². The van der Waals surface area contributed by atoms with E-state index in [1.807, 2.05) is 6.20 Å². The molecule has 4 heteroatoms. The van der Waals surface area contributed by atoms with Crippen LogP contribution in [0.15, 0.2) is 22.9 Å². The molecule has 3 nitrogen and oxygen atoms in total. The Balaban J connectivity index is 1.95. The van der Waals surface area contributed by atoms with E-state index >= 15 is 0 Å². The van der Waals surface area contributed by atoms with Crippen LogP contribution in [-0.4, -0.2) is 22.6 Å². The fourth-order valence-electron chi connectivity index (χ4n) is 3.50. The Kier molecular flexibility index (Phi) is 2.97. The molecule has 0 aromatic carbocycles. The predicted octanol–water partition coefficient (Wildman–Crippen LogP) is 3.54. The van der Waals surface area contributed by atoms with Gasteiger partial charge in [-0.2, -0.15) is 0 Å². The Labute approximate surface area is 127 Å². The molecule has 1 fully saturated rings. The van der Waals surface area contributed by atoms with E-state index in [-0.39, 0.29) is 0 Å². The lowest BCUT2D eigenvalue weighted by atomic mass is 9.94. The number of rotatable bonds is 1. The number of aromatic nitrogens is 2. The van der Waals surface area contributed by atoms with E-state index in [4.69, 9.17) is 0 Å². The molecule has 0 unspecified atom stereocenters. The predicted molar refractivity (Wildman–Crippen MR) is 85.9 cm³/mol. The lowest BCUT2D eigenvalue weighted by molar-refractivity contribution is 0.280. The van der Waals surface area contributed by atoms with Crippen molar-refractivity contribution in [2.24, 2.45) is 5.92 Å². The number of halogens is 1. The fourth-order valence-corrected chi connectivity index (χ4v) is 4.01. The molecule has 0 saturated carbocycles.